The van der Waals surface area contributed by atoms with E-state index in [0.717, 1.165) is 11.5 Å². The van der Waals surface area contributed by atoms with E-state index in [4.69, 9.17) is 5.84 Å². The van der Waals surface area contributed by atoms with Crippen LogP contribution in [0.1, 0.15) is 41.6 Å². The van der Waals surface area contributed by atoms with Gasteiger partial charge >= 0.3 is 0 Å². The molecule has 0 bridgehead atoms. The molecule has 0 spiro atoms. The molecular formula is C14H20N6O. The number of rotatable bonds is 5. The van der Waals surface area contributed by atoms with Crippen molar-refractivity contribution in [1.82, 2.24) is 19.9 Å². The zero-order chi connectivity index (χ0) is 15.4. The third kappa shape index (κ3) is 3.57. The van der Waals surface area contributed by atoms with Crippen molar-refractivity contribution < 1.29 is 4.79 Å². The molecule has 0 saturated heterocycles. The molecule has 2 rings (SSSR count). The van der Waals surface area contributed by atoms with Crippen molar-refractivity contribution in [3.63, 3.8) is 0 Å². The number of nitrogen functional groups attached to an aromatic ring is 1. The van der Waals surface area contributed by atoms with Gasteiger partial charge in [-0.05, 0) is 18.1 Å². The summed E-state index contributed by atoms with van der Waals surface area (Å²) >= 11 is 0. The molecule has 0 fully saturated rings. The van der Waals surface area contributed by atoms with Crippen molar-refractivity contribution in [1.29, 1.82) is 0 Å². The quantitative estimate of drug-likeness (QED) is 0.571. The number of hydrogen-bond acceptors (Lipinski definition) is 5. The minimum Gasteiger partial charge on any atom is -0.347 e. The Bertz CT molecular complexity index is 608. The van der Waals surface area contributed by atoms with Crippen LogP contribution in [-0.4, -0.2) is 32.8 Å². The highest BCUT2D eigenvalue weighted by molar-refractivity contribution is 5.94. The van der Waals surface area contributed by atoms with Gasteiger partial charge in [-0.15, -0.1) is 0 Å². The van der Waals surface area contributed by atoms with Gasteiger partial charge in [0.25, 0.3) is 5.91 Å². The fourth-order valence-electron chi connectivity index (χ4n) is 1.95. The number of aromatic amines is 1. The van der Waals surface area contributed by atoms with Crippen LogP contribution in [0.5, 0.6) is 0 Å². The SMILES string of the molecule is CC(C)c1cc(C(=O)N(C)Cc2ncc[nH]2)cc(NN)n1. The first kappa shape index (κ1) is 15.0. The lowest BCUT2D eigenvalue weighted by Crippen LogP contribution is -2.27. The largest absolute Gasteiger partial charge is 0.347 e. The smallest absolute Gasteiger partial charge is 0.254 e. The fraction of sp³-hybridized carbons (Fsp3) is 0.357. The number of carbonyl (C=O) groups is 1. The fourth-order valence-corrected chi connectivity index (χ4v) is 1.95. The van der Waals surface area contributed by atoms with Crippen molar-refractivity contribution in [3.8, 4) is 0 Å². The number of carbonyl (C=O) groups excluding carboxylic acids is 1. The molecule has 0 aromatic carbocycles. The number of nitrogens with zero attached hydrogens (tertiary/aromatic N) is 3. The molecule has 0 unspecified atom stereocenters. The van der Waals surface area contributed by atoms with Crippen LogP contribution in [0.2, 0.25) is 0 Å². The van der Waals surface area contributed by atoms with Crippen LogP contribution >= 0.6 is 0 Å². The maximum absolute atomic E-state index is 12.5. The lowest BCUT2D eigenvalue weighted by atomic mass is 10.1. The van der Waals surface area contributed by atoms with E-state index < -0.39 is 0 Å². The molecule has 2 heterocycles. The summed E-state index contributed by atoms with van der Waals surface area (Å²) in [4.78, 5) is 25.5. The molecule has 21 heavy (non-hydrogen) atoms. The molecule has 7 heteroatoms. The second kappa shape index (κ2) is 6.36. The van der Waals surface area contributed by atoms with Crippen LogP contribution in [0.3, 0.4) is 0 Å². The third-order valence-electron chi connectivity index (χ3n) is 3.12. The maximum atomic E-state index is 12.5. The first-order valence-electron chi connectivity index (χ1n) is 6.73. The minimum atomic E-state index is -0.104. The summed E-state index contributed by atoms with van der Waals surface area (Å²) in [5.41, 5.74) is 3.87. The van der Waals surface area contributed by atoms with E-state index in [1.165, 1.54) is 0 Å². The second-order valence-corrected chi connectivity index (χ2v) is 5.16. The molecule has 0 saturated carbocycles. The Kier molecular flexibility index (Phi) is 4.54. The van der Waals surface area contributed by atoms with Crippen molar-refractivity contribution in [2.24, 2.45) is 5.84 Å². The Morgan fingerprint density at radius 3 is 2.81 bits per heavy atom. The summed E-state index contributed by atoms with van der Waals surface area (Å²) in [6.45, 7) is 4.45. The summed E-state index contributed by atoms with van der Waals surface area (Å²) in [7, 11) is 1.73. The lowest BCUT2D eigenvalue weighted by Gasteiger charge is -2.17. The van der Waals surface area contributed by atoms with E-state index in [1.54, 1.807) is 36.5 Å². The van der Waals surface area contributed by atoms with Gasteiger partial charge < -0.3 is 15.3 Å². The molecule has 2 aromatic heterocycles. The molecule has 1 amide bonds. The lowest BCUT2D eigenvalue weighted by molar-refractivity contribution is 0.0781. The van der Waals surface area contributed by atoms with Gasteiger partial charge in [0.1, 0.15) is 11.6 Å². The van der Waals surface area contributed by atoms with Crippen molar-refractivity contribution in [2.45, 2.75) is 26.3 Å². The summed E-state index contributed by atoms with van der Waals surface area (Å²) in [5, 5.41) is 0. The molecular weight excluding hydrogens is 268 g/mol. The zero-order valence-corrected chi connectivity index (χ0v) is 12.4. The number of nitrogens with two attached hydrogens (primary N) is 1. The standard InChI is InChI=1S/C14H20N6O/c1-9(2)11-6-10(7-12(18-11)19-15)14(21)20(3)8-13-16-4-5-17-13/h4-7,9H,8,15H2,1-3H3,(H,16,17)(H,18,19). The summed E-state index contributed by atoms with van der Waals surface area (Å²) in [5.74, 6) is 6.74. The average Bonchev–Trinajstić information content (AvgIpc) is 2.98. The topological polar surface area (TPSA) is 99.9 Å². The Morgan fingerprint density at radius 1 is 1.48 bits per heavy atom. The number of aromatic nitrogens is 3. The monoisotopic (exact) mass is 288 g/mol. The Morgan fingerprint density at radius 2 is 2.24 bits per heavy atom. The number of anilines is 1. The predicted octanol–water partition coefficient (Wildman–Crippen LogP) is 1.49. The summed E-state index contributed by atoms with van der Waals surface area (Å²) in [6.07, 6.45) is 3.39. The van der Waals surface area contributed by atoms with Crippen LogP contribution in [0, 0.1) is 0 Å². The second-order valence-electron chi connectivity index (χ2n) is 5.16. The van der Waals surface area contributed by atoms with Gasteiger partial charge in [-0.3, -0.25) is 4.79 Å². The van der Waals surface area contributed by atoms with Crippen molar-refractivity contribution >= 4 is 11.7 Å². The van der Waals surface area contributed by atoms with E-state index in [1.807, 2.05) is 13.8 Å². The van der Waals surface area contributed by atoms with Gasteiger partial charge in [-0.2, -0.15) is 0 Å². The summed E-state index contributed by atoms with van der Waals surface area (Å²) in [6, 6.07) is 3.44. The van der Waals surface area contributed by atoms with E-state index in [-0.39, 0.29) is 11.8 Å². The highest BCUT2D eigenvalue weighted by Crippen LogP contribution is 2.18. The molecule has 4 N–H and O–H groups in total. The maximum Gasteiger partial charge on any atom is 0.254 e. The number of nitrogens with one attached hydrogen (secondary N) is 2. The van der Waals surface area contributed by atoms with Gasteiger partial charge in [-0.1, -0.05) is 13.8 Å². The molecule has 0 aliphatic heterocycles. The third-order valence-corrected chi connectivity index (χ3v) is 3.12. The van der Waals surface area contributed by atoms with Gasteiger partial charge in [0.2, 0.25) is 0 Å². The normalized spacial score (nSPS) is 10.7. The molecule has 2 aromatic rings. The number of hydrazine groups is 1. The number of hydrogen-bond donors (Lipinski definition) is 3. The van der Waals surface area contributed by atoms with Crippen molar-refractivity contribution in [2.75, 3.05) is 12.5 Å². The number of pyridine rings is 1. The van der Waals surface area contributed by atoms with Gasteiger partial charge in [0, 0.05) is 30.7 Å². The van der Waals surface area contributed by atoms with E-state index in [9.17, 15) is 4.79 Å². The molecule has 0 radical (unpaired) electrons. The Labute approximate surface area is 123 Å². The van der Waals surface area contributed by atoms with Crippen LogP contribution < -0.4 is 11.3 Å². The molecule has 0 aliphatic rings. The Balaban J connectivity index is 2.23. The van der Waals surface area contributed by atoms with Crippen LogP contribution in [0.25, 0.3) is 0 Å². The van der Waals surface area contributed by atoms with Crippen LogP contribution in [-0.2, 0) is 6.54 Å². The van der Waals surface area contributed by atoms with Crippen LogP contribution in [0.4, 0.5) is 5.82 Å². The highest BCUT2D eigenvalue weighted by Gasteiger charge is 2.16. The zero-order valence-electron chi connectivity index (χ0n) is 12.4. The molecule has 112 valence electrons. The first-order valence-corrected chi connectivity index (χ1v) is 6.73. The van der Waals surface area contributed by atoms with Gasteiger partial charge in [-0.25, -0.2) is 15.8 Å². The Hall–Kier alpha value is -2.41. The number of amides is 1. The van der Waals surface area contributed by atoms with Gasteiger partial charge in [0.15, 0.2) is 0 Å². The molecule has 7 nitrogen and oxygen atoms in total. The molecule has 0 atom stereocenters. The number of imidazole rings is 1. The van der Waals surface area contributed by atoms with Crippen molar-refractivity contribution in [3.05, 3.63) is 41.6 Å². The first-order chi connectivity index (χ1) is 10.0. The van der Waals surface area contributed by atoms with Crippen LogP contribution in [0.15, 0.2) is 24.5 Å². The molecule has 0 aliphatic carbocycles. The van der Waals surface area contributed by atoms with E-state index in [0.29, 0.717) is 17.9 Å². The number of H-pyrrole nitrogens is 1. The van der Waals surface area contributed by atoms with Gasteiger partial charge in [0.05, 0.1) is 6.54 Å². The minimum absolute atomic E-state index is 0.104. The summed E-state index contributed by atoms with van der Waals surface area (Å²) < 4.78 is 0. The average molecular weight is 288 g/mol. The van der Waals surface area contributed by atoms with E-state index in [2.05, 4.69) is 20.4 Å². The highest BCUT2D eigenvalue weighted by atomic mass is 16.2. The van der Waals surface area contributed by atoms with E-state index >= 15 is 0 Å². The predicted molar refractivity (Wildman–Crippen MR) is 80.5 cm³/mol.